The van der Waals surface area contributed by atoms with Crippen LogP contribution in [0.1, 0.15) is 11.1 Å². The van der Waals surface area contributed by atoms with Gasteiger partial charge in [0.05, 0.1) is 0 Å². The maximum absolute atomic E-state index is 2.83. The largest absolute Gasteiger partial charge is 0.294 e. The molecule has 0 fully saturated rings. The molecule has 2 aromatic carbocycles. The van der Waals surface area contributed by atoms with Crippen molar-refractivity contribution in [2.75, 3.05) is 12.7 Å². The molecule has 0 N–H and O–H groups in total. The summed E-state index contributed by atoms with van der Waals surface area (Å²) in [6, 6.07) is 17.6. The molecule has 0 aromatic heterocycles. The molecule has 3 rings (SSSR count). The van der Waals surface area contributed by atoms with Crippen LogP contribution in [-0.2, 0) is 13.1 Å². The van der Waals surface area contributed by atoms with Crippen LogP contribution in [0.2, 0.25) is 0 Å². The van der Waals surface area contributed by atoms with Crippen LogP contribution in [0, 0.1) is 0 Å². The van der Waals surface area contributed by atoms with Gasteiger partial charge in [-0.15, -0.1) is 9.24 Å². The minimum absolute atomic E-state index is 1.05. The topological polar surface area (TPSA) is 3.24 Å². The van der Waals surface area contributed by atoms with Crippen molar-refractivity contribution in [3.05, 3.63) is 59.7 Å². The summed E-state index contributed by atoms with van der Waals surface area (Å²) < 4.78 is 0. The van der Waals surface area contributed by atoms with Crippen molar-refractivity contribution >= 4 is 9.24 Å². The number of nitrogens with zero attached hydrogens (tertiary/aromatic N) is 1. The average Bonchev–Trinajstić information content (AvgIpc) is 2.55. The number of benzene rings is 2. The molecule has 1 unspecified atom stereocenters. The molecule has 2 heteroatoms. The predicted molar refractivity (Wildman–Crippen MR) is 80.6 cm³/mol. The molecule has 0 saturated heterocycles. The number of rotatable bonds is 2. The van der Waals surface area contributed by atoms with Gasteiger partial charge in [0.15, 0.2) is 0 Å². The van der Waals surface area contributed by atoms with Crippen LogP contribution in [0.4, 0.5) is 0 Å². The molecule has 1 nitrogen and oxygen atoms in total. The van der Waals surface area contributed by atoms with Crippen LogP contribution < -0.4 is 0 Å². The molecule has 0 saturated carbocycles. The molecule has 0 bridgehead atoms. The molecule has 92 valence electrons. The summed E-state index contributed by atoms with van der Waals surface area (Å²) in [6.45, 7) is 3.24. The first-order chi connectivity index (χ1) is 8.88. The van der Waals surface area contributed by atoms with Crippen molar-refractivity contribution in [1.29, 1.82) is 0 Å². The standard InChI is InChI=1S/C16H18NP/c18-10-9-17-11-13-5-1-3-7-15(13)16-8-4-2-6-14(16)12-17/h1-8H,9-12,18H2. The third kappa shape index (κ3) is 2.21. The Bertz CT molecular complexity index is 503. The molecule has 1 aliphatic heterocycles. The van der Waals surface area contributed by atoms with Crippen molar-refractivity contribution in [1.82, 2.24) is 4.90 Å². The Kier molecular flexibility index (Phi) is 3.45. The molecule has 2 aromatic rings. The fourth-order valence-electron chi connectivity index (χ4n) is 2.72. The van der Waals surface area contributed by atoms with E-state index in [9.17, 15) is 0 Å². The first-order valence-corrected chi connectivity index (χ1v) is 7.29. The van der Waals surface area contributed by atoms with Crippen molar-refractivity contribution in [3.8, 4) is 11.1 Å². The summed E-state index contributed by atoms with van der Waals surface area (Å²) in [5, 5.41) is 0. The van der Waals surface area contributed by atoms with Crippen molar-refractivity contribution in [2.45, 2.75) is 13.1 Å². The van der Waals surface area contributed by atoms with E-state index < -0.39 is 0 Å². The van der Waals surface area contributed by atoms with E-state index in [0.29, 0.717) is 0 Å². The van der Waals surface area contributed by atoms with Crippen LogP contribution >= 0.6 is 9.24 Å². The molecule has 1 atom stereocenters. The lowest BCUT2D eigenvalue weighted by molar-refractivity contribution is 0.277. The first-order valence-electron chi connectivity index (χ1n) is 6.47. The molecule has 0 radical (unpaired) electrons. The lowest BCUT2D eigenvalue weighted by Crippen LogP contribution is -2.23. The highest BCUT2D eigenvalue weighted by Gasteiger charge is 2.17. The highest BCUT2D eigenvalue weighted by Crippen LogP contribution is 2.32. The summed E-state index contributed by atoms with van der Waals surface area (Å²) in [6.07, 6.45) is 1.13. The molecule has 0 spiro atoms. The predicted octanol–water partition coefficient (Wildman–Crippen LogP) is 3.54. The fourth-order valence-corrected chi connectivity index (χ4v) is 3.09. The Balaban J connectivity index is 2.12. The van der Waals surface area contributed by atoms with E-state index in [0.717, 1.165) is 25.8 Å². The minimum atomic E-state index is 1.05. The molecule has 1 aliphatic rings. The monoisotopic (exact) mass is 255 g/mol. The summed E-state index contributed by atoms with van der Waals surface area (Å²) in [7, 11) is 2.83. The summed E-state index contributed by atoms with van der Waals surface area (Å²) >= 11 is 0. The van der Waals surface area contributed by atoms with Gasteiger partial charge in [-0.3, -0.25) is 4.90 Å². The average molecular weight is 255 g/mol. The number of hydrogen-bond acceptors (Lipinski definition) is 1. The normalized spacial score (nSPS) is 14.7. The third-order valence-corrected chi connectivity index (χ3v) is 3.82. The van der Waals surface area contributed by atoms with Gasteiger partial charge in [0.1, 0.15) is 0 Å². The van der Waals surface area contributed by atoms with Gasteiger partial charge < -0.3 is 0 Å². The zero-order valence-corrected chi connectivity index (χ0v) is 11.6. The van der Waals surface area contributed by atoms with Crippen molar-refractivity contribution in [2.24, 2.45) is 0 Å². The van der Waals surface area contributed by atoms with E-state index in [2.05, 4.69) is 62.7 Å². The lowest BCUT2D eigenvalue weighted by atomic mass is 9.97. The molecule has 0 aliphatic carbocycles. The second-order valence-electron chi connectivity index (χ2n) is 4.81. The van der Waals surface area contributed by atoms with Gasteiger partial charge in [-0.1, -0.05) is 48.5 Å². The molecule has 18 heavy (non-hydrogen) atoms. The molecular formula is C16H18NP. The highest BCUT2D eigenvalue weighted by atomic mass is 31.0. The third-order valence-electron chi connectivity index (χ3n) is 3.56. The minimum Gasteiger partial charge on any atom is -0.294 e. The van der Waals surface area contributed by atoms with Crippen LogP contribution in [-0.4, -0.2) is 17.6 Å². The van der Waals surface area contributed by atoms with E-state index in [1.165, 1.54) is 22.3 Å². The first kappa shape index (κ1) is 11.9. The number of hydrogen-bond donors (Lipinski definition) is 0. The Morgan fingerprint density at radius 3 is 1.83 bits per heavy atom. The van der Waals surface area contributed by atoms with Crippen LogP contribution in [0.3, 0.4) is 0 Å². The molecule has 1 heterocycles. The van der Waals surface area contributed by atoms with Gasteiger partial charge in [0.2, 0.25) is 0 Å². The maximum Gasteiger partial charge on any atom is 0.0243 e. The smallest absolute Gasteiger partial charge is 0.0243 e. The zero-order valence-electron chi connectivity index (χ0n) is 10.5. The van der Waals surface area contributed by atoms with Crippen molar-refractivity contribution < 1.29 is 0 Å². The van der Waals surface area contributed by atoms with Gasteiger partial charge in [0, 0.05) is 19.6 Å². The summed E-state index contributed by atoms with van der Waals surface area (Å²) in [5.41, 5.74) is 5.69. The van der Waals surface area contributed by atoms with Crippen LogP contribution in [0.5, 0.6) is 0 Å². The van der Waals surface area contributed by atoms with Gasteiger partial charge in [-0.25, -0.2) is 0 Å². The Morgan fingerprint density at radius 2 is 1.33 bits per heavy atom. The van der Waals surface area contributed by atoms with E-state index in [4.69, 9.17) is 0 Å². The second kappa shape index (κ2) is 5.22. The van der Waals surface area contributed by atoms with E-state index >= 15 is 0 Å². The lowest BCUT2D eigenvalue weighted by Gasteiger charge is -2.19. The van der Waals surface area contributed by atoms with Gasteiger partial charge in [0.25, 0.3) is 0 Å². The summed E-state index contributed by atoms with van der Waals surface area (Å²) in [4.78, 5) is 2.53. The van der Waals surface area contributed by atoms with Gasteiger partial charge >= 0.3 is 0 Å². The Labute approximate surface area is 111 Å². The van der Waals surface area contributed by atoms with E-state index in [1.54, 1.807) is 0 Å². The second-order valence-corrected chi connectivity index (χ2v) is 5.39. The van der Waals surface area contributed by atoms with E-state index in [1.807, 2.05) is 0 Å². The molecular weight excluding hydrogens is 237 g/mol. The van der Waals surface area contributed by atoms with Gasteiger partial charge in [-0.2, -0.15) is 0 Å². The van der Waals surface area contributed by atoms with Crippen molar-refractivity contribution in [3.63, 3.8) is 0 Å². The molecule has 0 amide bonds. The van der Waals surface area contributed by atoms with Crippen LogP contribution in [0.15, 0.2) is 48.5 Å². The van der Waals surface area contributed by atoms with Crippen LogP contribution in [0.25, 0.3) is 11.1 Å². The number of fused-ring (bicyclic) bond motifs is 3. The van der Waals surface area contributed by atoms with E-state index in [-0.39, 0.29) is 0 Å². The highest BCUT2D eigenvalue weighted by molar-refractivity contribution is 7.16. The Morgan fingerprint density at radius 1 is 0.833 bits per heavy atom. The SMILES string of the molecule is PCCN1Cc2ccccc2-c2ccccc2C1. The summed E-state index contributed by atoms with van der Waals surface area (Å²) in [5.74, 6) is 0. The maximum atomic E-state index is 2.83. The fraction of sp³-hybridized carbons (Fsp3) is 0.250. The quantitative estimate of drug-likeness (QED) is 0.742. The van der Waals surface area contributed by atoms with Gasteiger partial charge in [-0.05, 0) is 28.4 Å². The Hall–Kier alpha value is -1.17. The zero-order chi connectivity index (χ0) is 12.4.